The minimum Gasteiger partial charge on any atom is -0.368 e. The van der Waals surface area contributed by atoms with Gasteiger partial charge < -0.3 is 38.5 Å². The summed E-state index contributed by atoms with van der Waals surface area (Å²) in [5.41, 5.74) is 19.4. The molecule has 0 fully saturated rings. The van der Waals surface area contributed by atoms with Crippen LogP contribution in [0.15, 0.2) is 115 Å². The summed E-state index contributed by atoms with van der Waals surface area (Å²) >= 11 is 0. The van der Waals surface area contributed by atoms with Crippen LogP contribution in [0.1, 0.15) is 55.2 Å². The highest BCUT2D eigenvalue weighted by Gasteiger charge is 2.32. The van der Waals surface area contributed by atoms with Gasteiger partial charge in [-0.25, -0.2) is 0 Å². The van der Waals surface area contributed by atoms with E-state index in [1.807, 2.05) is 115 Å². The molecule has 0 saturated heterocycles. The van der Waals surface area contributed by atoms with Crippen LogP contribution in [-0.2, 0) is 43.2 Å². The number of primary amides is 1. The smallest absolute Gasteiger partial charge is 0.243 e. The molecule has 0 aliphatic rings. The van der Waals surface area contributed by atoms with Gasteiger partial charge in [0.2, 0.25) is 29.5 Å². The molecular weight excluding hydrogens is 731 g/mol. The number of nitrogens with one attached hydrogen (secondary N) is 4. The van der Waals surface area contributed by atoms with Crippen molar-refractivity contribution in [3.63, 3.8) is 0 Å². The predicted octanol–water partition coefficient (Wildman–Crippen LogP) is 3.70. The first-order chi connectivity index (χ1) is 28.1. The van der Waals surface area contributed by atoms with E-state index in [-0.39, 0.29) is 38.0 Å². The molecule has 0 aromatic heterocycles. The highest BCUT2D eigenvalue weighted by molar-refractivity contribution is 5.96. The van der Waals surface area contributed by atoms with Crippen LogP contribution in [-0.4, -0.2) is 66.8 Å². The number of hydrogen-bond donors (Lipinski definition) is 7. The summed E-state index contributed by atoms with van der Waals surface area (Å²) in [6, 6.07) is 32.2. The third-order valence-electron chi connectivity index (χ3n) is 10.2. The second kappa shape index (κ2) is 22.0. The lowest BCUT2D eigenvalue weighted by molar-refractivity contribution is -0.134. The van der Waals surface area contributed by atoms with Crippen molar-refractivity contribution in [2.75, 3.05) is 13.1 Å². The number of rotatable bonds is 22. The summed E-state index contributed by atoms with van der Waals surface area (Å²) < 4.78 is 0. The normalized spacial score (nSPS) is 13.2. The Balaban J connectivity index is 1.46. The van der Waals surface area contributed by atoms with Crippen molar-refractivity contribution in [2.45, 2.75) is 82.0 Å². The highest BCUT2D eigenvalue weighted by atomic mass is 16.2. The van der Waals surface area contributed by atoms with Crippen LogP contribution in [0.2, 0.25) is 0 Å². The highest BCUT2D eigenvalue weighted by Crippen LogP contribution is 2.19. The Morgan fingerprint density at radius 1 is 0.448 bits per heavy atom. The van der Waals surface area contributed by atoms with E-state index in [1.165, 1.54) is 0 Å². The topological polar surface area (TPSA) is 212 Å². The van der Waals surface area contributed by atoms with Crippen LogP contribution in [0.3, 0.4) is 0 Å². The first kappa shape index (κ1) is 43.0. The molecule has 5 amide bonds. The molecule has 0 unspecified atom stereocenters. The van der Waals surface area contributed by atoms with Crippen molar-refractivity contribution in [2.24, 2.45) is 17.2 Å². The molecule has 0 aliphatic carbocycles. The fourth-order valence-electron chi connectivity index (χ4n) is 6.97. The van der Waals surface area contributed by atoms with Crippen LogP contribution in [0.4, 0.5) is 0 Å². The van der Waals surface area contributed by atoms with E-state index < -0.39 is 47.8 Å². The van der Waals surface area contributed by atoms with Crippen LogP contribution in [0.5, 0.6) is 0 Å². The lowest BCUT2D eigenvalue weighted by atomic mass is 9.98. The molecule has 5 aromatic carbocycles. The Morgan fingerprint density at radius 3 is 1.38 bits per heavy atom. The van der Waals surface area contributed by atoms with E-state index in [9.17, 15) is 24.0 Å². The van der Waals surface area contributed by atoms with E-state index in [0.29, 0.717) is 38.8 Å². The largest absolute Gasteiger partial charge is 0.368 e. The van der Waals surface area contributed by atoms with Crippen LogP contribution >= 0.6 is 0 Å². The maximum atomic E-state index is 14.6. The molecule has 0 radical (unpaired) electrons. The number of unbranched alkanes of at least 4 members (excludes halogenated alkanes) is 2. The van der Waals surface area contributed by atoms with Crippen LogP contribution < -0.4 is 38.5 Å². The van der Waals surface area contributed by atoms with Gasteiger partial charge in [-0.3, -0.25) is 24.0 Å². The summed E-state index contributed by atoms with van der Waals surface area (Å²) in [4.78, 5) is 68.4. The zero-order valence-corrected chi connectivity index (χ0v) is 32.8. The van der Waals surface area contributed by atoms with Gasteiger partial charge in [0.1, 0.15) is 24.2 Å². The molecule has 0 heterocycles. The van der Waals surface area contributed by atoms with Gasteiger partial charge in [-0.1, -0.05) is 115 Å². The van der Waals surface area contributed by atoms with E-state index in [0.717, 1.165) is 38.2 Å². The second-order valence-corrected chi connectivity index (χ2v) is 14.7. The SMILES string of the molecule is NCCCCC(=O)N[C@H](Cc1ccccc1)C(=O)N[C@@H](Cc1ccc2ccccc2c1)C(=O)N[C@@H](Cc1ccc2ccccc2c1)C(=O)N[C@@H](CCCCN)C(N)=O. The van der Waals surface area contributed by atoms with Crippen molar-refractivity contribution in [1.82, 2.24) is 21.3 Å². The number of nitrogens with two attached hydrogens (primary N) is 3. The molecule has 0 aliphatic heterocycles. The minimum absolute atomic E-state index is 0.0816. The summed E-state index contributed by atoms with van der Waals surface area (Å²) in [5, 5.41) is 15.4. The number of amides is 5. The van der Waals surface area contributed by atoms with Gasteiger partial charge in [-0.05, 0) is 83.4 Å². The first-order valence-electron chi connectivity index (χ1n) is 20.0. The predicted molar refractivity (Wildman–Crippen MR) is 228 cm³/mol. The molecule has 12 heteroatoms. The molecular formula is C46H55N7O5. The van der Waals surface area contributed by atoms with Crippen molar-refractivity contribution >= 4 is 51.1 Å². The Bertz CT molecular complexity index is 2160. The van der Waals surface area contributed by atoms with E-state index >= 15 is 0 Å². The molecule has 0 spiro atoms. The lowest BCUT2D eigenvalue weighted by Gasteiger charge is -2.27. The van der Waals surface area contributed by atoms with Crippen molar-refractivity contribution < 1.29 is 24.0 Å². The van der Waals surface area contributed by atoms with E-state index in [4.69, 9.17) is 17.2 Å². The first-order valence-corrected chi connectivity index (χ1v) is 20.0. The maximum Gasteiger partial charge on any atom is 0.243 e. The van der Waals surface area contributed by atoms with Gasteiger partial charge in [0.05, 0.1) is 0 Å². The molecule has 5 aromatic rings. The van der Waals surface area contributed by atoms with Crippen molar-refractivity contribution in [3.8, 4) is 0 Å². The summed E-state index contributed by atoms with van der Waals surface area (Å²) in [7, 11) is 0. The van der Waals surface area contributed by atoms with Gasteiger partial charge in [0, 0.05) is 25.7 Å². The van der Waals surface area contributed by atoms with Gasteiger partial charge >= 0.3 is 0 Å². The third kappa shape index (κ3) is 13.0. The maximum absolute atomic E-state index is 14.6. The molecule has 12 nitrogen and oxygen atoms in total. The van der Waals surface area contributed by atoms with Crippen molar-refractivity contribution in [1.29, 1.82) is 0 Å². The minimum atomic E-state index is -1.16. The fraction of sp³-hybridized carbons (Fsp3) is 0.326. The average molecular weight is 786 g/mol. The Hall–Kier alpha value is -6.11. The van der Waals surface area contributed by atoms with Crippen LogP contribution in [0.25, 0.3) is 21.5 Å². The Morgan fingerprint density at radius 2 is 0.879 bits per heavy atom. The molecule has 0 saturated carbocycles. The third-order valence-corrected chi connectivity index (χ3v) is 10.2. The monoisotopic (exact) mass is 785 g/mol. The Kier molecular flexibility index (Phi) is 16.3. The zero-order chi connectivity index (χ0) is 41.3. The van der Waals surface area contributed by atoms with Gasteiger partial charge in [-0.2, -0.15) is 0 Å². The molecule has 58 heavy (non-hydrogen) atoms. The number of carbonyl (C=O) groups is 5. The number of carbonyl (C=O) groups excluding carboxylic acids is 5. The number of hydrogen-bond acceptors (Lipinski definition) is 7. The average Bonchev–Trinajstić information content (AvgIpc) is 3.22. The molecule has 4 atom stereocenters. The van der Waals surface area contributed by atoms with Crippen molar-refractivity contribution in [3.05, 3.63) is 132 Å². The molecule has 5 rings (SSSR count). The standard InChI is InChI=1S/C46H55N7O5/c47-24-10-8-18-38(43(49)55)51-45(57)40(29-32-20-22-34-14-4-6-16-36(34)26-32)53-46(58)41(30-33-21-23-35-15-5-7-17-37(35)27-33)52-44(56)39(28-31-12-2-1-3-13-31)50-42(54)19-9-11-25-48/h1-7,12-17,20-23,26-27,38-41H,8-11,18-19,24-25,28-30,47-48H2,(H2,49,55)(H,50,54)(H,51,57)(H,52,56)(H,53,58)/t38-,39+,40-,41-/m0/s1. The lowest BCUT2D eigenvalue weighted by Crippen LogP contribution is -2.59. The fourth-order valence-corrected chi connectivity index (χ4v) is 6.97. The second-order valence-electron chi connectivity index (χ2n) is 14.7. The quantitative estimate of drug-likeness (QED) is 0.0517. The Labute approximate surface area is 339 Å². The summed E-state index contributed by atoms with van der Waals surface area (Å²) in [6.07, 6.45) is 3.29. The number of benzene rings is 5. The molecule has 10 N–H and O–H groups in total. The number of fused-ring (bicyclic) bond motifs is 2. The summed E-state index contributed by atoms with van der Waals surface area (Å²) in [6.45, 7) is 0.874. The summed E-state index contributed by atoms with van der Waals surface area (Å²) in [5.74, 6) is -2.77. The van der Waals surface area contributed by atoms with Gasteiger partial charge in [0.25, 0.3) is 0 Å². The van der Waals surface area contributed by atoms with Gasteiger partial charge in [-0.15, -0.1) is 0 Å². The zero-order valence-electron chi connectivity index (χ0n) is 32.8. The van der Waals surface area contributed by atoms with E-state index in [2.05, 4.69) is 21.3 Å². The van der Waals surface area contributed by atoms with Crippen LogP contribution in [0, 0.1) is 0 Å². The van der Waals surface area contributed by atoms with Gasteiger partial charge in [0.15, 0.2) is 0 Å². The molecule has 304 valence electrons. The van der Waals surface area contributed by atoms with E-state index in [1.54, 1.807) is 0 Å². The molecule has 0 bridgehead atoms.